The molecular formula is C13H22N4. The normalized spacial score (nSPS) is 39.8. The Bertz CT molecular complexity index is 316. The summed E-state index contributed by atoms with van der Waals surface area (Å²) < 4.78 is 0. The summed E-state index contributed by atoms with van der Waals surface area (Å²) in [6, 6.07) is 3.21. The van der Waals surface area contributed by atoms with Crippen LogP contribution in [-0.4, -0.2) is 60.6 Å². The molecule has 0 bridgehead atoms. The molecule has 1 N–H and O–H groups in total. The van der Waals surface area contributed by atoms with Gasteiger partial charge in [0.15, 0.2) is 0 Å². The van der Waals surface area contributed by atoms with Gasteiger partial charge < -0.3 is 5.32 Å². The quantitative estimate of drug-likeness (QED) is 0.714. The van der Waals surface area contributed by atoms with Crippen molar-refractivity contribution in [2.45, 2.75) is 37.3 Å². The Hall–Kier alpha value is -0.630. The summed E-state index contributed by atoms with van der Waals surface area (Å²) in [6.45, 7) is 6.60. The van der Waals surface area contributed by atoms with Crippen LogP contribution in [0.1, 0.15) is 25.7 Å². The van der Waals surface area contributed by atoms with E-state index in [1.807, 2.05) is 0 Å². The van der Waals surface area contributed by atoms with Crippen LogP contribution in [0, 0.1) is 11.3 Å². The first-order valence-corrected chi connectivity index (χ1v) is 6.98. The van der Waals surface area contributed by atoms with Gasteiger partial charge in [0.1, 0.15) is 5.54 Å². The zero-order valence-electron chi connectivity index (χ0n) is 10.5. The van der Waals surface area contributed by atoms with E-state index in [4.69, 9.17) is 0 Å². The van der Waals surface area contributed by atoms with Crippen molar-refractivity contribution < 1.29 is 0 Å². The molecule has 0 radical (unpaired) electrons. The van der Waals surface area contributed by atoms with Crippen LogP contribution in [-0.2, 0) is 0 Å². The molecule has 4 nitrogen and oxygen atoms in total. The van der Waals surface area contributed by atoms with E-state index >= 15 is 0 Å². The molecule has 3 aliphatic heterocycles. The van der Waals surface area contributed by atoms with Gasteiger partial charge in [-0.2, -0.15) is 5.26 Å². The van der Waals surface area contributed by atoms with Gasteiger partial charge in [-0.15, -0.1) is 0 Å². The van der Waals surface area contributed by atoms with Crippen LogP contribution in [0.5, 0.6) is 0 Å². The van der Waals surface area contributed by atoms with E-state index < -0.39 is 0 Å². The lowest BCUT2D eigenvalue weighted by Crippen LogP contribution is -2.55. The standard InChI is InChI=1S/C13H22N4/c14-11-13(17-8-2-5-15-6-10-17)4-9-16-7-1-3-12(13)16/h12,15H,1-10H2. The lowest BCUT2D eigenvalue weighted by Gasteiger charge is -2.39. The van der Waals surface area contributed by atoms with Crippen LogP contribution >= 0.6 is 0 Å². The molecule has 0 spiro atoms. The molecule has 2 unspecified atom stereocenters. The summed E-state index contributed by atoms with van der Waals surface area (Å²) in [5.41, 5.74) is -0.178. The van der Waals surface area contributed by atoms with E-state index in [-0.39, 0.29) is 5.54 Å². The molecule has 3 rings (SSSR count). The van der Waals surface area contributed by atoms with E-state index in [0.29, 0.717) is 6.04 Å². The fourth-order valence-electron chi connectivity index (χ4n) is 3.93. The number of nitrogens with zero attached hydrogens (tertiary/aromatic N) is 3. The summed E-state index contributed by atoms with van der Waals surface area (Å²) in [5, 5.41) is 13.2. The third-order valence-electron chi connectivity index (χ3n) is 4.79. The molecule has 4 heteroatoms. The summed E-state index contributed by atoms with van der Waals surface area (Å²) in [4.78, 5) is 5.02. The smallest absolute Gasteiger partial charge is 0.126 e. The molecule has 3 aliphatic rings. The summed E-state index contributed by atoms with van der Waals surface area (Å²) in [5.74, 6) is 0. The molecule has 94 valence electrons. The topological polar surface area (TPSA) is 42.3 Å². The minimum Gasteiger partial charge on any atom is -0.315 e. The van der Waals surface area contributed by atoms with Gasteiger partial charge in [-0.25, -0.2) is 0 Å². The van der Waals surface area contributed by atoms with E-state index in [1.54, 1.807) is 0 Å². The van der Waals surface area contributed by atoms with Gasteiger partial charge in [0.25, 0.3) is 0 Å². The van der Waals surface area contributed by atoms with Crippen molar-refractivity contribution in [3.63, 3.8) is 0 Å². The number of nitrogens with one attached hydrogen (secondary N) is 1. The molecule has 0 amide bonds. The van der Waals surface area contributed by atoms with E-state index in [9.17, 15) is 5.26 Å². The van der Waals surface area contributed by atoms with Gasteiger partial charge in [0.05, 0.1) is 6.07 Å². The van der Waals surface area contributed by atoms with Crippen LogP contribution in [0.2, 0.25) is 0 Å². The van der Waals surface area contributed by atoms with Crippen LogP contribution in [0.4, 0.5) is 0 Å². The SMILES string of the molecule is N#CC1(N2CCCNCC2)CCN2CCCC21. The van der Waals surface area contributed by atoms with Crippen molar-refractivity contribution in [2.24, 2.45) is 0 Å². The van der Waals surface area contributed by atoms with Crippen LogP contribution in [0.3, 0.4) is 0 Å². The van der Waals surface area contributed by atoms with Gasteiger partial charge in [0.2, 0.25) is 0 Å². The second-order valence-electron chi connectivity index (χ2n) is 5.57. The first-order chi connectivity index (χ1) is 8.37. The molecule has 17 heavy (non-hydrogen) atoms. The molecule has 0 aromatic carbocycles. The Morgan fingerprint density at radius 1 is 1.12 bits per heavy atom. The Morgan fingerprint density at radius 2 is 2.06 bits per heavy atom. The second kappa shape index (κ2) is 4.56. The predicted octanol–water partition coefficient (Wildman–Crippen LogP) is 0.412. The maximum Gasteiger partial charge on any atom is 0.126 e. The highest BCUT2D eigenvalue weighted by Crippen LogP contribution is 2.39. The average molecular weight is 234 g/mol. The van der Waals surface area contributed by atoms with E-state index in [2.05, 4.69) is 21.2 Å². The van der Waals surface area contributed by atoms with Gasteiger partial charge >= 0.3 is 0 Å². The fraction of sp³-hybridized carbons (Fsp3) is 0.923. The minimum absolute atomic E-state index is 0.178. The molecule has 0 aromatic rings. The van der Waals surface area contributed by atoms with Crippen molar-refractivity contribution in [3.8, 4) is 6.07 Å². The Labute approximate surface area is 104 Å². The lowest BCUT2D eigenvalue weighted by atomic mass is 9.88. The van der Waals surface area contributed by atoms with Gasteiger partial charge in [-0.05, 0) is 38.8 Å². The second-order valence-corrected chi connectivity index (χ2v) is 5.57. The maximum atomic E-state index is 9.77. The van der Waals surface area contributed by atoms with Crippen molar-refractivity contribution in [1.29, 1.82) is 5.26 Å². The summed E-state index contributed by atoms with van der Waals surface area (Å²) in [6.07, 6.45) is 4.72. The third kappa shape index (κ3) is 1.77. The molecule has 3 heterocycles. The Balaban J connectivity index is 1.83. The summed E-state index contributed by atoms with van der Waals surface area (Å²) >= 11 is 0. The van der Waals surface area contributed by atoms with Crippen LogP contribution in [0.15, 0.2) is 0 Å². The fourth-order valence-corrected chi connectivity index (χ4v) is 3.93. The molecule has 2 atom stereocenters. The Kier molecular flexibility index (Phi) is 3.08. The van der Waals surface area contributed by atoms with Gasteiger partial charge in [-0.1, -0.05) is 0 Å². The molecule has 0 saturated carbocycles. The highest BCUT2D eigenvalue weighted by Gasteiger charge is 2.52. The first-order valence-electron chi connectivity index (χ1n) is 6.98. The number of hydrogen-bond donors (Lipinski definition) is 1. The molecular weight excluding hydrogens is 212 g/mol. The molecule has 0 aromatic heterocycles. The van der Waals surface area contributed by atoms with Crippen molar-refractivity contribution >= 4 is 0 Å². The Morgan fingerprint density at radius 3 is 2.94 bits per heavy atom. The van der Waals surface area contributed by atoms with Crippen molar-refractivity contribution in [2.75, 3.05) is 39.3 Å². The van der Waals surface area contributed by atoms with Crippen molar-refractivity contribution in [3.05, 3.63) is 0 Å². The number of rotatable bonds is 1. The van der Waals surface area contributed by atoms with Gasteiger partial charge in [0, 0.05) is 32.2 Å². The molecule has 0 aliphatic carbocycles. The zero-order chi connectivity index (χ0) is 11.7. The monoisotopic (exact) mass is 234 g/mol. The largest absolute Gasteiger partial charge is 0.315 e. The van der Waals surface area contributed by atoms with E-state index in [1.165, 1.54) is 25.8 Å². The van der Waals surface area contributed by atoms with Crippen LogP contribution in [0.25, 0.3) is 0 Å². The maximum absolute atomic E-state index is 9.77. The molecule has 3 fully saturated rings. The minimum atomic E-state index is -0.178. The number of nitriles is 1. The average Bonchev–Trinajstić information content (AvgIpc) is 2.83. The third-order valence-corrected chi connectivity index (χ3v) is 4.79. The molecule has 3 saturated heterocycles. The highest BCUT2D eigenvalue weighted by atomic mass is 15.3. The van der Waals surface area contributed by atoms with E-state index in [0.717, 1.165) is 39.1 Å². The van der Waals surface area contributed by atoms with Gasteiger partial charge in [-0.3, -0.25) is 9.80 Å². The zero-order valence-corrected chi connectivity index (χ0v) is 10.5. The number of fused-ring (bicyclic) bond motifs is 1. The summed E-state index contributed by atoms with van der Waals surface area (Å²) in [7, 11) is 0. The first kappa shape index (κ1) is 11.5. The van der Waals surface area contributed by atoms with Crippen LogP contribution < -0.4 is 5.32 Å². The lowest BCUT2D eigenvalue weighted by molar-refractivity contribution is 0.112. The number of hydrogen-bond acceptors (Lipinski definition) is 4. The highest BCUT2D eigenvalue weighted by molar-refractivity contribution is 5.21. The predicted molar refractivity (Wildman–Crippen MR) is 66.6 cm³/mol. The van der Waals surface area contributed by atoms with Crippen molar-refractivity contribution in [1.82, 2.24) is 15.1 Å².